The van der Waals surface area contributed by atoms with Crippen molar-refractivity contribution in [2.75, 3.05) is 0 Å². The molecule has 44 heavy (non-hydrogen) atoms. The van der Waals surface area contributed by atoms with Gasteiger partial charge in [-0.25, -0.2) is 0 Å². The summed E-state index contributed by atoms with van der Waals surface area (Å²) in [7, 11) is 0. The van der Waals surface area contributed by atoms with Gasteiger partial charge in [0.1, 0.15) is 0 Å². The predicted molar refractivity (Wildman–Crippen MR) is 192 cm³/mol. The Balaban J connectivity index is 0.00000259. The number of hydrogen-bond donors (Lipinski definition) is 0. The Bertz CT molecular complexity index is 1390. The monoisotopic (exact) mass is 584 g/mol. The van der Waals surface area contributed by atoms with Gasteiger partial charge in [-0.3, -0.25) is 4.79 Å². The lowest BCUT2D eigenvalue weighted by atomic mass is 9.74. The fourth-order valence-electron chi connectivity index (χ4n) is 6.20. The molecule has 3 aromatic rings. The fraction of sp³-hybridized carbons (Fsp3) is 0.326. The standard InChI is InChI=1S/C41H46O.C2H6/c1-5-8-11-18-31(4)34-27-25-33(26-28-34)19-16-24-38-37(17-6-2)29-32(7-3)30-39(41(38)42)40(35-20-12-9-13-21-35)36-22-14-10-15-23-36;1-2/h5,8-15,18,20-23,25-29,39-40H,1,6-7,16-17,19,24,30H2,2-4H3;1-2H3/b11-8-,31-18+;. The highest BCUT2D eigenvalue weighted by Gasteiger charge is 2.35. The second-order valence-electron chi connectivity index (χ2n) is 11.4. The van der Waals surface area contributed by atoms with Crippen molar-refractivity contribution in [3.05, 3.63) is 161 Å². The van der Waals surface area contributed by atoms with Gasteiger partial charge in [0.15, 0.2) is 5.78 Å². The molecule has 230 valence electrons. The molecule has 0 bridgehead atoms. The SMILES string of the molecule is C=C/C=C\C=C(/C)c1ccc(CCCC2=C(CCC)C=C(CC)CC(C(c3ccccc3)c3ccccc3)C2=O)cc1.CC. The fourth-order valence-corrected chi connectivity index (χ4v) is 6.20. The Morgan fingerprint density at radius 2 is 1.45 bits per heavy atom. The largest absolute Gasteiger partial charge is 0.294 e. The van der Waals surface area contributed by atoms with E-state index in [1.807, 2.05) is 26.0 Å². The van der Waals surface area contributed by atoms with Gasteiger partial charge in [0, 0.05) is 11.8 Å². The van der Waals surface area contributed by atoms with Crippen molar-refractivity contribution >= 4 is 11.4 Å². The van der Waals surface area contributed by atoms with E-state index in [1.54, 1.807) is 6.08 Å². The van der Waals surface area contributed by atoms with E-state index in [-0.39, 0.29) is 11.8 Å². The zero-order chi connectivity index (χ0) is 31.7. The molecule has 1 atom stereocenters. The molecule has 0 aliphatic heterocycles. The third-order valence-electron chi connectivity index (χ3n) is 8.47. The van der Waals surface area contributed by atoms with Crippen molar-refractivity contribution in [3.8, 4) is 0 Å². The molecule has 0 amide bonds. The number of Topliss-reactive ketones (excluding diaryl/α,β-unsaturated/α-hetero) is 1. The van der Waals surface area contributed by atoms with Gasteiger partial charge >= 0.3 is 0 Å². The van der Waals surface area contributed by atoms with Gasteiger partial charge in [-0.15, -0.1) is 0 Å². The topological polar surface area (TPSA) is 17.1 Å². The third kappa shape index (κ3) is 9.52. The van der Waals surface area contributed by atoms with Gasteiger partial charge in [0.25, 0.3) is 0 Å². The highest BCUT2D eigenvalue weighted by Crippen LogP contribution is 2.41. The molecule has 0 aromatic heterocycles. The summed E-state index contributed by atoms with van der Waals surface area (Å²) < 4.78 is 0. The smallest absolute Gasteiger partial charge is 0.163 e. The number of ketones is 1. The summed E-state index contributed by atoms with van der Waals surface area (Å²) in [6.07, 6.45) is 16.8. The minimum absolute atomic E-state index is 0.0380. The van der Waals surface area contributed by atoms with E-state index in [0.717, 1.165) is 50.5 Å². The van der Waals surface area contributed by atoms with Gasteiger partial charge in [-0.1, -0.05) is 162 Å². The van der Waals surface area contributed by atoms with Crippen LogP contribution in [0.25, 0.3) is 5.57 Å². The highest BCUT2D eigenvalue weighted by molar-refractivity contribution is 6.00. The van der Waals surface area contributed by atoms with Crippen LogP contribution in [0, 0.1) is 5.92 Å². The number of hydrogen-bond acceptors (Lipinski definition) is 1. The number of aryl methyl sites for hydroxylation is 1. The van der Waals surface area contributed by atoms with E-state index >= 15 is 0 Å². The molecule has 3 aromatic carbocycles. The molecule has 0 N–H and O–H groups in total. The van der Waals surface area contributed by atoms with Crippen LogP contribution in [0.4, 0.5) is 0 Å². The minimum Gasteiger partial charge on any atom is -0.294 e. The molecule has 0 saturated carbocycles. The maximum atomic E-state index is 14.6. The van der Waals surface area contributed by atoms with Crippen molar-refractivity contribution in [1.82, 2.24) is 0 Å². The molecule has 0 heterocycles. The zero-order valence-corrected chi connectivity index (χ0v) is 27.7. The summed E-state index contributed by atoms with van der Waals surface area (Å²) in [5, 5.41) is 0. The van der Waals surface area contributed by atoms with Crippen molar-refractivity contribution in [1.29, 1.82) is 0 Å². The number of benzene rings is 3. The van der Waals surface area contributed by atoms with E-state index in [2.05, 4.69) is 124 Å². The predicted octanol–water partition coefficient (Wildman–Crippen LogP) is 12.0. The summed E-state index contributed by atoms with van der Waals surface area (Å²) in [4.78, 5) is 14.6. The Hall–Kier alpha value is -3.97. The van der Waals surface area contributed by atoms with E-state index in [1.165, 1.54) is 39.0 Å². The molecule has 1 aliphatic carbocycles. The molecule has 1 unspecified atom stereocenters. The Morgan fingerprint density at radius 3 is 2.00 bits per heavy atom. The van der Waals surface area contributed by atoms with Crippen LogP contribution in [-0.4, -0.2) is 5.78 Å². The summed E-state index contributed by atoms with van der Waals surface area (Å²) >= 11 is 0. The lowest BCUT2D eigenvalue weighted by Crippen LogP contribution is -2.25. The second kappa shape index (κ2) is 18.6. The summed E-state index contributed by atoms with van der Waals surface area (Å²) in [6.45, 7) is 14.3. The van der Waals surface area contributed by atoms with Crippen LogP contribution in [0.15, 0.2) is 139 Å². The average Bonchev–Trinajstić information content (AvgIpc) is 3.19. The Kier molecular flexibility index (Phi) is 14.6. The summed E-state index contributed by atoms with van der Waals surface area (Å²) in [5.41, 5.74) is 9.95. The van der Waals surface area contributed by atoms with Crippen LogP contribution >= 0.6 is 0 Å². The van der Waals surface area contributed by atoms with E-state index in [0.29, 0.717) is 5.78 Å². The van der Waals surface area contributed by atoms with Gasteiger partial charge in [0.05, 0.1) is 0 Å². The second-order valence-corrected chi connectivity index (χ2v) is 11.4. The van der Waals surface area contributed by atoms with Crippen LogP contribution < -0.4 is 0 Å². The first-order valence-electron chi connectivity index (χ1n) is 16.7. The highest BCUT2D eigenvalue weighted by atomic mass is 16.1. The molecule has 0 spiro atoms. The van der Waals surface area contributed by atoms with Crippen LogP contribution in [0.3, 0.4) is 0 Å². The lowest BCUT2D eigenvalue weighted by molar-refractivity contribution is -0.119. The van der Waals surface area contributed by atoms with Crippen LogP contribution in [0.2, 0.25) is 0 Å². The molecule has 1 nitrogen and oxygen atoms in total. The van der Waals surface area contributed by atoms with Crippen molar-refractivity contribution in [2.45, 2.75) is 85.5 Å². The van der Waals surface area contributed by atoms with Crippen LogP contribution in [0.5, 0.6) is 0 Å². The molecular formula is C43H52O. The van der Waals surface area contributed by atoms with E-state index in [4.69, 9.17) is 0 Å². The zero-order valence-electron chi connectivity index (χ0n) is 27.7. The number of rotatable bonds is 13. The molecule has 4 rings (SSSR count). The summed E-state index contributed by atoms with van der Waals surface area (Å²) in [6, 6.07) is 30.2. The van der Waals surface area contributed by atoms with Crippen molar-refractivity contribution < 1.29 is 4.79 Å². The number of allylic oxidation sites excluding steroid dienone is 9. The Morgan fingerprint density at radius 1 is 0.841 bits per heavy atom. The van der Waals surface area contributed by atoms with Crippen LogP contribution in [0.1, 0.15) is 101 Å². The van der Waals surface area contributed by atoms with Crippen molar-refractivity contribution in [2.24, 2.45) is 5.92 Å². The number of carbonyl (C=O) groups is 1. The Labute approximate surface area is 267 Å². The maximum absolute atomic E-state index is 14.6. The average molecular weight is 585 g/mol. The first-order valence-corrected chi connectivity index (χ1v) is 16.7. The summed E-state index contributed by atoms with van der Waals surface area (Å²) in [5.74, 6) is 0.282. The molecule has 1 aliphatic rings. The molecule has 0 saturated heterocycles. The van der Waals surface area contributed by atoms with Crippen LogP contribution in [-0.2, 0) is 11.2 Å². The van der Waals surface area contributed by atoms with Gasteiger partial charge in [-0.2, -0.15) is 0 Å². The molecule has 0 fully saturated rings. The van der Waals surface area contributed by atoms with E-state index in [9.17, 15) is 4.79 Å². The maximum Gasteiger partial charge on any atom is 0.163 e. The lowest BCUT2D eigenvalue weighted by Gasteiger charge is -2.28. The first kappa shape index (κ1) is 34.5. The normalized spacial score (nSPS) is 15.6. The molecule has 0 radical (unpaired) electrons. The van der Waals surface area contributed by atoms with Gasteiger partial charge in [-0.05, 0) is 84.4 Å². The van der Waals surface area contributed by atoms with E-state index < -0.39 is 0 Å². The van der Waals surface area contributed by atoms with Crippen molar-refractivity contribution in [3.63, 3.8) is 0 Å². The minimum atomic E-state index is -0.102. The number of carbonyl (C=O) groups excluding carboxylic acids is 1. The van der Waals surface area contributed by atoms with Gasteiger partial charge < -0.3 is 0 Å². The molecule has 1 heteroatoms. The first-order chi connectivity index (χ1) is 21.5. The molecular weight excluding hydrogens is 532 g/mol. The van der Waals surface area contributed by atoms with Gasteiger partial charge in [0.2, 0.25) is 0 Å². The quantitative estimate of drug-likeness (QED) is 0.183. The third-order valence-corrected chi connectivity index (χ3v) is 8.47.